The summed E-state index contributed by atoms with van der Waals surface area (Å²) < 4.78 is 16.2. The molecule has 0 radical (unpaired) electrons. The molecule has 0 fully saturated rings. The fraction of sp³-hybridized carbons (Fsp3) is 0.533. The van der Waals surface area contributed by atoms with Crippen LogP contribution in [0, 0.1) is 0 Å². The van der Waals surface area contributed by atoms with Crippen LogP contribution in [0.1, 0.15) is 27.2 Å². The average molecular weight is 294 g/mol. The predicted molar refractivity (Wildman–Crippen MR) is 78.5 cm³/mol. The number of carbonyl (C=O) groups excluding carboxylic acids is 1. The zero-order valence-corrected chi connectivity index (χ0v) is 12.6. The highest BCUT2D eigenvalue weighted by atomic mass is 16.7. The van der Waals surface area contributed by atoms with E-state index in [0.29, 0.717) is 30.3 Å². The third-order valence-corrected chi connectivity index (χ3v) is 3.37. The highest BCUT2D eigenvalue weighted by Gasteiger charge is 2.31. The van der Waals surface area contributed by atoms with Gasteiger partial charge in [0.25, 0.3) is 0 Å². The van der Waals surface area contributed by atoms with E-state index < -0.39 is 5.54 Å². The minimum absolute atomic E-state index is 0.160. The average Bonchev–Trinajstić information content (AvgIpc) is 2.85. The molecule has 1 aromatic rings. The summed E-state index contributed by atoms with van der Waals surface area (Å²) in [5.74, 6) is 1.68. The van der Waals surface area contributed by atoms with E-state index in [1.54, 1.807) is 19.1 Å². The molecule has 1 aliphatic heterocycles. The van der Waals surface area contributed by atoms with Gasteiger partial charge in [0.2, 0.25) is 12.7 Å². The van der Waals surface area contributed by atoms with E-state index >= 15 is 0 Å². The monoisotopic (exact) mass is 294 g/mol. The van der Waals surface area contributed by atoms with Crippen LogP contribution in [0.2, 0.25) is 0 Å². The Morgan fingerprint density at radius 1 is 1.43 bits per heavy atom. The number of amides is 1. The maximum absolute atomic E-state index is 11.6. The van der Waals surface area contributed by atoms with Crippen LogP contribution >= 0.6 is 0 Å². The predicted octanol–water partition coefficient (Wildman–Crippen LogP) is 1.43. The minimum atomic E-state index is -0.787. The molecule has 1 amide bonds. The van der Waals surface area contributed by atoms with Crippen LogP contribution in [0.3, 0.4) is 0 Å². The van der Waals surface area contributed by atoms with Gasteiger partial charge in [-0.15, -0.1) is 0 Å². The Bertz CT molecular complexity index is 518. The minimum Gasteiger partial charge on any atom is -0.493 e. The number of nitrogens with two attached hydrogens (primary N) is 1. The Morgan fingerprint density at radius 3 is 2.81 bits per heavy atom. The summed E-state index contributed by atoms with van der Waals surface area (Å²) in [4.78, 5) is 11.6. The lowest BCUT2D eigenvalue weighted by molar-refractivity contribution is -0.124. The molecule has 0 aliphatic carbocycles. The second-order valence-corrected chi connectivity index (χ2v) is 5.61. The first-order valence-electron chi connectivity index (χ1n) is 7.01. The van der Waals surface area contributed by atoms with Gasteiger partial charge < -0.3 is 25.3 Å². The molecule has 3 N–H and O–H groups in total. The maximum atomic E-state index is 11.6. The number of primary amides is 1. The van der Waals surface area contributed by atoms with Crippen molar-refractivity contribution in [1.29, 1.82) is 0 Å². The number of nitrogens with one attached hydrogen (secondary N) is 1. The summed E-state index contributed by atoms with van der Waals surface area (Å²) in [7, 11) is 0. The fourth-order valence-corrected chi connectivity index (χ4v) is 2.24. The molecule has 21 heavy (non-hydrogen) atoms. The maximum Gasteiger partial charge on any atom is 0.237 e. The molecule has 0 bridgehead atoms. The molecule has 1 aromatic carbocycles. The van der Waals surface area contributed by atoms with Gasteiger partial charge in [0.1, 0.15) is 5.75 Å². The molecule has 116 valence electrons. The summed E-state index contributed by atoms with van der Waals surface area (Å²) >= 11 is 0. The van der Waals surface area contributed by atoms with Crippen molar-refractivity contribution in [3.05, 3.63) is 18.2 Å². The number of ether oxygens (including phenoxy) is 3. The second-order valence-electron chi connectivity index (χ2n) is 5.61. The number of hydrogen-bond donors (Lipinski definition) is 2. The third kappa shape index (κ3) is 3.78. The number of carbonyl (C=O) groups is 1. The number of rotatable bonds is 7. The number of fused-ring (bicyclic) bond motifs is 1. The molecule has 1 unspecified atom stereocenters. The summed E-state index contributed by atoms with van der Waals surface area (Å²) in [5, 5.41) is 3.18. The lowest BCUT2D eigenvalue weighted by atomic mass is 9.96. The quantitative estimate of drug-likeness (QED) is 0.795. The zero-order chi connectivity index (χ0) is 15.5. The Hall–Kier alpha value is -1.95. The van der Waals surface area contributed by atoms with E-state index in [2.05, 4.69) is 5.32 Å². The first-order chi connectivity index (χ1) is 9.90. The van der Waals surface area contributed by atoms with E-state index in [-0.39, 0.29) is 18.7 Å². The molecule has 0 saturated carbocycles. The highest BCUT2D eigenvalue weighted by molar-refractivity contribution is 5.84. The SMILES string of the molecule is CC(C)NC(C)(CCOc1ccc2c(c1)OCO2)C(N)=O. The van der Waals surface area contributed by atoms with Crippen LogP contribution < -0.4 is 25.3 Å². The smallest absolute Gasteiger partial charge is 0.237 e. The van der Waals surface area contributed by atoms with Gasteiger partial charge in [-0.2, -0.15) is 0 Å². The van der Waals surface area contributed by atoms with Crippen molar-refractivity contribution in [1.82, 2.24) is 5.32 Å². The molecule has 2 rings (SSSR count). The van der Waals surface area contributed by atoms with Crippen molar-refractivity contribution < 1.29 is 19.0 Å². The lowest BCUT2D eigenvalue weighted by Crippen LogP contribution is -2.56. The Balaban J connectivity index is 1.92. The molecule has 6 nitrogen and oxygen atoms in total. The van der Waals surface area contributed by atoms with Crippen molar-refractivity contribution in [2.45, 2.75) is 38.8 Å². The number of hydrogen-bond acceptors (Lipinski definition) is 5. The van der Waals surface area contributed by atoms with Crippen molar-refractivity contribution in [2.75, 3.05) is 13.4 Å². The lowest BCUT2D eigenvalue weighted by Gasteiger charge is -2.29. The van der Waals surface area contributed by atoms with Gasteiger partial charge in [0, 0.05) is 18.5 Å². The van der Waals surface area contributed by atoms with Gasteiger partial charge in [-0.25, -0.2) is 0 Å². The van der Waals surface area contributed by atoms with Gasteiger partial charge in [-0.05, 0) is 32.9 Å². The molecule has 6 heteroatoms. The Kier molecular flexibility index (Phi) is 4.57. The van der Waals surface area contributed by atoms with Gasteiger partial charge in [0.15, 0.2) is 11.5 Å². The zero-order valence-electron chi connectivity index (χ0n) is 12.6. The Morgan fingerprint density at radius 2 is 2.14 bits per heavy atom. The summed E-state index contributed by atoms with van der Waals surface area (Å²) in [6.07, 6.45) is 0.481. The van der Waals surface area contributed by atoms with Crippen molar-refractivity contribution in [3.8, 4) is 17.2 Å². The molecular formula is C15H22N2O4. The largest absolute Gasteiger partial charge is 0.493 e. The first-order valence-corrected chi connectivity index (χ1v) is 7.01. The van der Waals surface area contributed by atoms with Crippen LogP contribution in [0.4, 0.5) is 0 Å². The highest BCUT2D eigenvalue weighted by Crippen LogP contribution is 2.35. The molecule has 0 aromatic heterocycles. The first kappa shape index (κ1) is 15.4. The molecular weight excluding hydrogens is 272 g/mol. The summed E-state index contributed by atoms with van der Waals surface area (Å²) in [5.41, 5.74) is 4.69. The second kappa shape index (κ2) is 6.22. The van der Waals surface area contributed by atoms with Crippen LogP contribution in [0.5, 0.6) is 17.2 Å². The summed E-state index contributed by atoms with van der Waals surface area (Å²) in [6, 6.07) is 5.55. The van der Waals surface area contributed by atoms with E-state index in [1.165, 1.54) is 0 Å². The van der Waals surface area contributed by atoms with Crippen LogP contribution in [0.25, 0.3) is 0 Å². The Labute approximate surface area is 124 Å². The van der Waals surface area contributed by atoms with Gasteiger partial charge in [-0.1, -0.05) is 0 Å². The molecule has 1 atom stereocenters. The van der Waals surface area contributed by atoms with E-state index in [9.17, 15) is 4.79 Å². The molecule has 1 aliphatic rings. The van der Waals surface area contributed by atoms with Crippen LogP contribution in [-0.4, -0.2) is 30.9 Å². The van der Waals surface area contributed by atoms with Crippen molar-refractivity contribution in [3.63, 3.8) is 0 Å². The van der Waals surface area contributed by atoms with Crippen LogP contribution in [-0.2, 0) is 4.79 Å². The van der Waals surface area contributed by atoms with Gasteiger partial charge in [-0.3, -0.25) is 4.79 Å². The molecule has 1 heterocycles. The van der Waals surface area contributed by atoms with Crippen LogP contribution in [0.15, 0.2) is 18.2 Å². The van der Waals surface area contributed by atoms with E-state index in [0.717, 1.165) is 0 Å². The standard InChI is InChI=1S/C15H22N2O4/c1-10(2)17-15(3,14(16)18)6-7-19-11-4-5-12-13(8-11)21-9-20-12/h4-5,8,10,17H,6-7,9H2,1-3H3,(H2,16,18). The van der Waals surface area contributed by atoms with E-state index in [1.807, 2.05) is 19.9 Å². The third-order valence-electron chi connectivity index (χ3n) is 3.37. The molecule has 0 saturated heterocycles. The van der Waals surface area contributed by atoms with Crippen molar-refractivity contribution >= 4 is 5.91 Å². The van der Waals surface area contributed by atoms with Gasteiger partial charge >= 0.3 is 0 Å². The number of benzene rings is 1. The molecule has 0 spiro atoms. The van der Waals surface area contributed by atoms with E-state index in [4.69, 9.17) is 19.9 Å². The topological polar surface area (TPSA) is 82.8 Å². The normalized spacial score (nSPS) is 15.8. The van der Waals surface area contributed by atoms with Crippen molar-refractivity contribution in [2.24, 2.45) is 5.73 Å². The fourth-order valence-electron chi connectivity index (χ4n) is 2.24. The van der Waals surface area contributed by atoms with Gasteiger partial charge in [0.05, 0.1) is 12.1 Å². The summed E-state index contributed by atoms with van der Waals surface area (Å²) in [6.45, 7) is 6.34.